The Kier molecular flexibility index (Phi) is 1.77. The molecule has 0 bridgehead atoms. The molecule has 3 aromatic rings. The van der Waals surface area contributed by atoms with Gasteiger partial charge in [-0.15, -0.1) is 0 Å². The molecule has 0 fully saturated rings. The highest BCUT2D eigenvalue weighted by molar-refractivity contribution is 5.94. The first-order valence-corrected chi connectivity index (χ1v) is 5.05. The normalized spacial score (nSPS) is 11.1. The average Bonchev–Trinajstić information content (AvgIpc) is 2.81. The van der Waals surface area contributed by atoms with Gasteiger partial charge in [0.2, 0.25) is 0 Å². The molecule has 1 aromatic carbocycles. The van der Waals surface area contributed by atoms with E-state index in [1.807, 2.05) is 37.4 Å². The maximum atomic E-state index is 5.54. The Morgan fingerprint density at radius 3 is 2.88 bits per heavy atom. The minimum Gasteiger partial charge on any atom is -0.423 e. The first-order chi connectivity index (χ1) is 7.75. The van der Waals surface area contributed by atoms with Crippen molar-refractivity contribution in [1.29, 1.82) is 0 Å². The molecule has 0 saturated heterocycles. The predicted molar refractivity (Wildman–Crippen MR) is 62.9 cm³/mol. The quantitative estimate of drug-likeness (QED) is 0.653. The van der Waals surface area contributed by atoms with E-state index in [1.165, 1.54) is 0 Å². The third kappa shape index (κ3) is 1.20. The van der Waals surface area contributed by atoms with Crippen LogP contribution in [0, 0.1) is 6.92 Å². The van der Waals surface area contributed by atoms with Crippen molar-refractivity contribution in [3.8, 4) is 11.3 Å². The summed E-state index contributed by atoms with van der Waals surface area (Å²) >= 11 is 0. The minimum absolute atomic E-state index is 0.206. The zero-order chi connectivity index (χ0) is 11.1. The van der Waals surface area contributed by atoms with Gasteiger partial charge in [-0.25, -0.2) is 0 Å². The molecule has 4 heteroatoms. The zero-order valence-corrected chi connectivity index (χ0v) is 8.82. The summed E-state index contributed by atoms with van der Waals surface area (Å²) < 4.78 is 5.41. The van der Waals surface area contributed by atoms with Gasteiger partial charge in [0.05, 0.1) is 5.69 Å². The molecule has 3 N–H and O–H groups in total. The molecule has 0 aliphatic heterocycles. The van der Waals surface area contributed by atoms with Crippen LogP contribution < -0.4 is 5.73 Å². The Morgan fingerprint density at radius 1 is 1.31 bits per heavy atom. The fourth-order valence-electron chi connectivity index (χ4n) is 1.93. The number of hydrogen-bond acceptors (Lipinski definition) is 3. The number of nitrogens with two attached hydrogens (primary N) is 1. The summed E-state index contributed by atoms with van der Waals surface area (Å²) in [5.74, 6) is 0.731. The van der Waals surface area contributed by atoms with E-state index in [2.05, 4.69) is 9.97 Å². The number of benzene rings is 1. The molecule has 3 rings (SSSR count). The third-order valence-electron chi connectivity index (χ3n) is 2.65. The highest BCUT2D eigenvalue weighted by Crippen LogP contribution is 2.31. The van der Waals surface area contributed by atoms with Crippen molar-refractivity contribution >= 4 is 16.9 Å². The molecular formula is C12H11N3O. The van der Waals surface area contributed by atoms with E-state index in [1.54, 1.807) is 0 Å². The van der Waals surface area contributed by atoms with Crippen LogP contribution in [-0.4, -0.2) is 9.97 Å². The van der Waals surface area contributed by atoms with E-state index in [-0.39, 0.29) is 6.01 Å². The van der Waals surface area contributed by atoms with E-state index in [4.69, 9.17) is 10.2 Å². The molecule has 0 unspecified atom stereocenters. The molecule has 2 heterocycles. The molecular weight excluding hydrogens is 202 g/mol. The van der Waals surface area contributed by atoms with Crippen LogP contribution in [-0.2, 0) is 0 Å². The van der Waals surface area contributed by atoms with Gasteiger partial charge in [-0.1, -0.05) is 18.2 Å². The molecule has 0 saturated carbocycles. The smallest absolute Gasteiger partial charge is 0.292 e. The average molecular weight is 213 g/mol. The maximum Gasteiger partial charge on any atom is 0.292 e. The van der Waals surface area contributed by atoms with Gasteiger partial charge in [-0.2, -0.15) is 4.98 Å². The summed E-state index contributed by atoms with van der Waals surface area (Å²) in [5.41, 5.74) is 8.42. The number of aromatic nitrogens is 2. The largest absolute Gasteiger partial charge is 0.423 e. The first kappa shape index (κ1) is 9.03. The molecule has 80 valence electrons. The third-order valence-corrected chi connectivity index (χ3v) is 2.65. The highest BCUT2D eigenvalue weighted by atomic mass is 16.4. The first-order valence-electron chi connectivity index (χ1n) is 5.05. The summed E-state index contributed by atoms with van der Waals surface area (Å²) in [4.78, 5) is 7.27. The number of H-pyrrole nitrogens is 1. The van der Waals surface area contributed by atoms with Gasteiger partial charge in [-0.3, -0.25) is 0 Å². The Bertz CT molecular complexity index is 651. The summed E-state index contributed by atoms with van der Waals surface area (Å²) in [5, 5.41) is 1.11. The zero-order valence-electron chi connectivity index (χ0n) is 8.82. The van der Waals surface area contributed by atoms with Gasteiger partial charge in [0, 0.05) is 22.7 Å². The van der Waals surface area contributed by atoms with Crippen LogP contribution in [0.5, 0.6) is 0 Å². The Morgan fingerprint density at radius 2 is 2.12 bits per heavy atom. The van der Waals surface area contributed by atoms with E-state index in [0.29, 0.717) is 0 Å². The number of oxazole rings is 1. The van der Waals surface area contributed by atoms with Crippen LogP contribution in [0.4, 0.5) is 6.01 Å². The molecule has 0 aliphatic carbocycles. The number of anilines is 1. The van der Waals surface area contributed by atoms with Crippen LogP contribution in [0.2, 0.25) is 0 Å². The van der Waals surface area contributed by atoms with Crippen LogP contribution in [0.3, 0.4) is 0 Å². The SMILES string of the molecule is Cc1nc(N)oc1-c1c[nH]c2ccccc12. The van der Waals surface area contributed by atoms with E-state index in [0.717, 1.165) is 27.9 Å². The van der Waals surface area contributed by atoms with Crippen molar-refractivity contribution in [2.75, 3.05) is 5.73 Å². The number of aromatic amines is 1. The van der Waals surface area contributed by atoms with E-state index < -0.39 is 0 Å². The number of nitrogen functional groups attached to an aromatic ring is 1. The Balaban J connectivity index is 2.30. The van der Waals surface area contributed by atoms with Crippen molar-refractivity contribution < 1.29 is 4.42 Å². The number of nitrogens with zero attached hydrogens (tertiary/aromatic N) is 1. The summed E-state index contributed by atoms with van der Waals surface area (Å²) in [6.07, 6.45) is 1.91. The lowest BCUT2D eigenvalue weighted by atomic mass is 10.1. The van der Waals surface area contributed by atoms with E-state index >= 15 is 0 Å². The maximum absolute atomic E-state index is 5.54. The van der Waals surface area contributed by atoms with Gasteiger partial charge < -0.3 is 15.1 Å². The van der Waals surface area contributed by atoms with Crippen LogP contribution in [0.25, 0.3) is 22.2 Å². The molecule has 0 amide bonds. The molecule has 16 heavy (non-hydrogen) atoms. The molecule has 0 radical (unpaired) electrons. The second-order valence-electron chi connectivity index (χ2n) is 3.71. The number of rotatable bonds is 1. The lowest BCUT2D eigenvalue weighted by molar-refractivity contribution is 0.594. The van der Waals surface area contributed by atoms with Gasteiger partial charge >= 0.3 is 0 Å². The van der Waals surface area contributed by atoms with Crippen LogP contribution in [0.15, 0.2) is 34.9 Å². The number of fused-ring (bicyclic) bond motifs is 1. The van der Waals surface area contributed by atoms with Crippen molar-refractivity contribution in [3.05, 3.63) is 36.2 Å². The summed E-state index contributed by atoms with van der Waals surface area (Å²) in [6, 6.07) is 8.25. The second-order valence-corrected chi connectivity index (χ2v) is 3.71. The summed E-state index contributed by atoms with van der Waals surface area (Å²) in [7, 11) is 0. The van der Waals surface area contributed by atoms with E-state index in [9.17, 15) is 0 Å². The molecule has 0 spiro atoms. The van der Waals surface area contributed by atoms with Gasteiger partial charge in [-0.05, 0) is 13.0 Å². The van der Waals surface area contributed by atoms with Crippen molar-refractivity contribution in [2.45, 2.75) is 6.92 Å². The predicted octanol–water partition coefficient (Wildman–Crippen LogP) is 2.71. The Labute approximate surface area is 92.1 Å². The van der Waals surface area contributed by atoms with Crippen molar-refractivity contribution in [3.63, 3.8) is 0 Å². The minimum atomic E-state index is 0.206. The standard InChI is InChI=1S/C12H11N3O/c1-7-11(16-12(13)15-7)9-6-14-10-5-3-2-4-8(9)10/h2-6,14H,1H3,(H2,13,15). The molecule has 2 aromatic heterocycles. The lowest BCUT2D eigenvalue weighted by Gasteiger charge is -1.94. The van der Waals surface area contributed by atoms with Crippen LogP contribution >= 0.6 is 0 Å². The van der Waals surface area contributed by atoms with Crippen molar-refractivity contribution in [2.24, 2.45) is 0 Å². The summed E-state index contributed by atoms with van der Waals surface area (Å²) in [6.45, 7) is 1.89. The number of para-hydroxylation sites is 1. The number of hydrogen-bond donors (Lipinski definition) is 2. The topological polar surface area (TPSA) is 67.8 Å². The van der Waals surface area contributed by atoms with Gasteiger partial charge in [0.1, 0.15) is 0 Å². The monoisotopic (exact) mass is 213 g/mol. The lowest BCUT2D eigenvalue weighted by Crippen LogP contribution is -1.81. The fraction of sp³-hybridized carbons (Fsp3) is 0.0833. The van der Waals surface area contributed by atoms with Gasteiger partial charge in [0.15, 0.2) is 5.76 Å². The number of nitrogens with one attached hydrogen (secondary N) is 1. The van der Waals surface area contributed by atoms with Gasteiger partial charge in [0.25, 0.3) is 6.01 Å². The van der Waals surface area contributed by atoms with Crippen molar-refractivity contribution in [1.82, 2.24) is 9.97 Å². The highest BCUT2D eigenvalue weighted by Gasteiger charge is 2.13. The molecule has 0 aliphatic rings. The molecule has 0 atom stereocenters. The fourth-order valence-corrected chi connectivity index (χ4v) is 1.93. The Hall–Kier alpha value is -2.23. The molecule has 4 nitrogen and oxygen atoms in total. The number of aryl methyl sites for hydroxylation is 1. The second kappa shape index (κ2) is 3.13. The van der Waals surface area contributed by atoms with Crippen LogP contribution in [0.1, 0.15) is 5.69 Å².